The van der Waals surface area contributed by atoms with Crippen molar-refractivity contribution in [1.29, 1.82) is 0 Å². The van der Waals surface area contributed by atoms with E-state index in [1.165, 1.54) is 7.11 Å². The molecule has 0 aromatic carbocycles. The predicted molar refractivity (Wildman–Crippen MR) is 65.7 cm³/mol. The van der Waals surface area contributed by atoms with Crippen LogP contribution in [0.25, 0.3) is 0 Å². The van der Waals surface area contributed by atoms with Crippen molar-refractivity contribution >= 4 is 5.97 Å². The molecule has 0 radical (unpaired) electrons. The largest absolute Gasteiger partial charge is 0.464 e. The van der Waals surface area contributed by atoms with Crippen LogP contribution in [-0.2, 0) is 27.4 Å². The maximum absolute atomic E-state index is 11.6. The second-order valence-electron chi connectivity index (χ2n) is 4.46. The molecule has 19 heavy (non-hydrogen) atoms. The van der Waals surface area contributed by atoms with Crippen LogP contribution in [0.1, 0.15) is 35.4 Å². The first-order valence-corrected chi connectivity index (χ1v) is 6.37. The average Bonchev–Trinajstić information content (AvgIpc) is 3.05. The van der Waals surface area contributed by atoms with Gasteiger partial charge in [-0.3, -0.25) is 0 Å². The molecule has 0 bridgehead atoms. The van der Waals surface area contributed by atoms with E-state index in [-0.39, 0.29) is 18.4 Å². The Morgan fingerprint density at radius 1 is 1.53 bits per heavy atom. The third-order valence-electron chi connectivity index (χ3n) is 3.18. The van der Waals surface area contributed by atoms with Crippen LogP contribution < -0.4 is 0 Å². The van der Waals surface area contributed by atoms with Crippen molar-refractivity contribution in [2.24, 2.45) is 0 Å². The molecule has 2 heterocycles. The molecule has 7 heteroatoms. The van der Waals surface area contributed by atoms with Crippen LogP contribution >= 0.6 is 0 Å². The normalized spacial score (nSPS) is 18.7. The van der Waals surface area contributed by atoms with Crippen molar-refractivity contribution in [3.8, 4) is 0 Å². The summed E-state index contributed by atoms with van der Waals surface area (Å²) < 4.78 is 17.0. The van der Waals surface area contributed by atoms with Crippen molar-refractivity contribution in [3.63, 3.8) is 0 Å². The fourth-order valence-corrected chi connectivity index (χ4v) is 2.19. The number of nitrogens with zero attached hydrogens (tertiary/aromatic N) is 3. The number of hydrogen-bond acceptors (Lipinski definition) is 6. The molecular weight excluding hydrogens is 250 g/mol. The summed E-state index contributed by atoms with van der Waals surface area (Å²) in [6, 6.07) is 0. The molecule has 1 atom stereocenters. The number of aryl methyl sites for hydroxylation is 1. The molecule has 1 aromatic rings. The number of ether oxygens (including phenoxy) is 3. The van der Waals surface area contributed by atoms with Gasteiger partial charge in [-0.2, -0.15) is 0 Å². The summed E-state index contributed by atoms with van der Waals surface area (Å²) >= 11 is 0. The molecule has 0 amide bonds. The Hall–Kier alpha value is -1.47. The summed E-state index contributed by atoms with van der Waals surface area (Å²) in [4.78, 5) is 11.6. The minimum absolute atomic E-state index is 0.219. The van der Waals surface area contributed by atoms with Gasteiger partial charge in [-0.15, -0.1) is 5.10 Å². The molecule has 1 aromatic heterocycles. The lowest BCUT2D eigenvalue weighted by molar-refractivity contribution is 0.0588. The monoisotopic (exact) mass is 269 g/mol. The quantitative estimate of drug-likeness (QED) is 0.710. The first-order chi connectivity index (χ1) is 9.26. The van der Waals surface area contributed by atoms with E-state index in [4.69, 9.17) is 9.47 Å². The van der Waals surface area contributed by atoms with E-state index < -0.39 is 5.97 Å². The fraction of sp³-hybridized carbons (Fsp3) is 0.750. The van der Waals surface area contributed by atoms with Crippen LogP contribution in [0, 0.1) is 0 Å². The third kappa shape index (κ3) is 3.30. The summed E-state index contributed by atoms with van der Waals surface area (Å²) in [5.74, 6) is -0.490. The number of rotatable bonds is 6. The van der Waals surface area contributed by atoms with Gasteiger partial charge in [0.25, 0.3) is 0 Å². The smallest absolute Gasteiger partial charge is 0.360 e. The second-order valence-corrected chi connectivity index (χ2v) is 4.46. The minimum Gasteiger partial charge on any atom is -0.464 e. The van der Waals surface area contributed by atoms with Gasteiger partial charge >= 0.3 is 5.97 Å². The number of carbonyl (C=O) groups is 1. The summed E-state index contributed by atoms with van der Waals surface area (Å²) in [6.45, 7) is 1.77. The molecule has 1 aliphatic heterocycles. The lowest BCUT2D eigenvalue weighted by atomic mass is 10.2. The van der Waals surface area contributed by atoms with Crippen LogP contribution in [0.15, 0.2) is 0 Å². The molecule has 7 nitrogen and oxygen atoms in total. The lowest BCUT2D eigenvalue weighted by Crippen LogP contribution is -2.14. The number of aromatic nitrogens is 3. The van der Waals surface area contributed by atoms with Gasteiger partial charge in [0.2, 0.25) is 0 Å². The van der Waals surface area contributed by atoms with Crippen LogP contribution in [0.5, 0.6) is 0 Å². The minimum atomic E-state index is -0.490. The maximum Gasteiger partial charge on any atom is 0.360 e. The predicted octanol–water partition coefficient (Wildman–Crippen LogP) is 0.780. The van der Waals surface area contributed by atoms with Crippen molar-refractivity contribution in [3.05, 3.63) is 11.4 Å². The lowest BCUT2D eigenvalue weighted by Gasteiger charge is -2.10. The highest BCUT2D eigenvalue weighted by Crippen LogP contribution is 2.17. The Morgan fingerprint density at radius 2 is 2.37 bits per heavy atom. The first-order valence-electron chi connectivity index (χ1n) is 6.37. The zero-order valence-corrected chi connectivity index (χ0v) is 11.3. The van der Waals surface area contributed by atoms with E-state index >= 15 is 0 Å². The zero-order chi connectivity index (χ0) is 13.7. The highest BCUT2D eigenvalue weighted by Gasteiger charge is 2.21. The van der Waals surface area contributed by atoms with Crippen LogP contribution in [-0.4, -0.2) is 47.9 Å². The SMILES string of the molecule is COCc1c(C(=O)OC)nnn1CCC1CCCO1. The summed E-state index contributed by atoms with van der Waals surface area (Å²) in [7, 11) is 2.89. The summed E-state index contributed by atoms with van der Waals surface area (Å²) in [5, 5.41) is 7.86. The Labute approximate surface area is 111 Å². The van der Waals surface area contributed by atoms with E-state index in [9.17, 15) is 4.79 Å². The van der Waals surface area contributed by atoms with E-state index in [1.54, 1.807) is 11.8 Å². The maximum atomic E-state index is 11.6. The number of esters is 1. The second kappa shape index (κ2) is 6.63. The van der Waals surface area contributed by atoms with Gasteiger partial charge in [-0.05, 0) is 19.3 Å². The third-order valence-corrected chi connectivity index (χ3v) is 3.18. The van der Waals surface area contributed by atoms with E-state index in [1.807, 2.05) is 0 Å². The molecule has 0 N–H and O–H groups in total. The molecule has 1 unspecified atom stereocenters. The molecule has 1 fully saturated rings. The van der Waals surface area contributed by atoms with Crippen molar-refractivity contribution in [1.82, 2.24) is 15.0 Å². The van der Waals surface area contributed by atoms with Gasteiger partial charge in [0, 0.05) is 20.3 Å². The van der Waals surface area contributed by atoms with Crippen LogP contribution in [0.4, 0.5) is 0 Å². The first kappa shape index (κ1) is 14.0. The number of carbonyl (C=O) groups excluding carboxylic acids is 1. The Kier molecular flexibility index (Phi) is 4.86. The number of methoxy groups -OCH3 is 2. The molecular formula is C12H19N3O4. The molecule has 0 spiro atoms. The van der Waals surface area contributed by atoms with Gasteiger partial charge in [0.05, 0.1) is 25.5 Å². The van der Waals surface area contributed by atoms with Gasteiger partial charge in [-0.1, -0.05) is 5.21 Å². The molecule has 0 saturated carbocycles. The Bertz CT molecular complexity index is 427. The number of hydrogen-bond donors (Lipinski definition) is 0. The summed E-state index contributed by atoms with van der Waals surface area (Å²) in [6.07, 6.45) is 3.33. The molecule has 1 aliphatic rings. The topological polar surface area (TPSA) is 75.5 Å². The van der Waals surface area contributed by atoms with Gasteiger partial charge in [0.1, 0.15) is 0 Å². The molecule has 1 saturated heterocycles. The van der Waals surface area contributed by atoms with Crippen molar-refractivity contribution in [2.45, 2.75) is 38.5 Å². The van der Waals surface area contributed by atoms with Crippen LogP contribution in [0.3, 0.4) is 0 Å². The summed E-state index contributed by atoms with van der Waals surface area (Å²) in [5.41, 5.74) is 0.865. The Morgan fingerprint density at radius 3 is 3.00 bits per heavy atom. The molecule has 0 aliphatic carbocycles. The van der Waals surface area contributed by atoms with Crippen molar-refractivity contribution < 1.29 is 19.0 Å². The highest BCUT2D eigenvalue weighted by molar-refractivity contribution is 5.88. The Balaban J connectivity index is 2.05. The van der Waals surface area contributed by atoms with Crippen LogP contribution in [0.2, 0.25) is 0 Å². The fourth-order valence-electron chi connectivity index (χ4n) is 2.19. The van der Waals surface area contributed by atoms with Gasteiger partial charge in [0.15, 0.2) is 5.69 Å². The highest BCUT2D eigenvalue weighted by atomic mass is 16.5. The van der Waals surface area contributed by atoms with E-state index in [0.717, 1.165) is 25.9 Å². The van der Waals surface area contributed by atoms with E-state index in [2.05, 4.69) is 15.0 Å². The van der Waals surface area contributed by atoms with Gasteiger partial charge in [-0.25, -0.2) is 9.48 Å². The molecule has 106 valence electrons. The average molecular weight is 269 g/mol. The molecule has 2 rings (SSSR count). The van der Waals surface area contributed by atoms with E-state index in [0.29, 0.717) is 12.2 Å². The van der Waals surface area contributed by atoms with Gasteiger partial charge < -0.3 is 14.2 Å². The standard InChI is InChI=1S/C12H19N3O4/c1-17-8-10-11(12(16)18-2)13-14-15(10)6-5-9-4-3-7-19-9/h9H,3-8H2,1-2H3. The van der Waals surface area contributed by atoms with Crippen molar-refractivity contribution in [2.75, 3.05) is 20.8 Å². The zero-order valence-electron chi connectivity index (χ0n) is 11.3.